The van der Waals surface area contributed by atoms with Gasteiger partial charge in [-0.15, -0.1) is 11.8 Å². The minimum atomic E-state index is -0.0267. The zero-order chi connectivity index (χ0) is 18.9. The van der Waals surface area contributed by atoms with Gasteiger partial charge in [0.25, 0.3) is 0 Å². The molecule has 0 aliphatic rings. The molecule has 3 rings (SSSR count). The maximum Gasteiger partial charge on any atom is 0.234 e. The van der Waals surface area contributed by atoms with E-state index in [1.54, 1.807) is 6.07 Å². The predicted octanol–water partition coefficient (Wildman–Crippen LogP) is 5.76. The van der Waals surface area contributed by atoms with Crippen LogP contribution in [-0.4, -0.2) is 24.0 Å². The fraction of sp³-hybridized carbons (Fsp3) is 0.136. The van der Waals surface area contributed by atoms with E-state index in [9.17, 15) is 4.79 Å². The van der Waals surface area contributed by atoms with Gasteiger partial charge in [-0.1, -0.05) is 72.3 Å². The van der Waals surface area contributed by atoms with E-state index in [1.165, 1.54) is 11.8 Å². The van der Waals surface area contributed by atoms with Gasteiger partial charge in [-0.25, -0.2) is 0 Å². The molecule has 0 aliphatic heterocycles. The van der Waals surface area contributed by atoms with Crippen molar-refractivity contribution in [3.05, 3.63) is 83.9 Å². The van der Waals surface area contributed by atoms with Crippen LogP contribution in [0.5, 0.6) is 5.75 Å². The summed E-state index contributed by atoms with van der Waals surface area (Å²) in [6.07, 6.45) is 0. The highest BCUT2D eigenvalue weighted by atomic mass is 35.5. The van der Waals surface area contributed by atoms with Crippen LogP contribution in [0.25, 0.3) is 11.1 Å². The molecule has 3 nitrogen and oxygen atoms in total. The first-order valence-corrected chi connectivity index (χ1v) is 10.2. The Morgan fingerprint density at radius 2 is 1.63 bits per heavy atom. The largest absolute Gasteiger partial charge is 0.491 e. The molecule has 0 saturated heterocycles. The van der Waals surface area contributed by atoms with Gasteiger partial charge < -0.3 is 10.1 Å². The van der Waals surface area contributed by atoms with Crippen molar-refractivity contribution in [3.8, 4) is 16.9 Å². The number of carbonyl (C=O) groups excluding carboxylic acids is 1. The van der Waals surface area contributed by atoms with E-state index in [-0.39, 0.29) is 5.91 Å². The van der Waals surface area contributed by atoms with Crippen LogP contribution in [-0.2, 0) is 4.79 Å². The summed E-state index contributed by atoms with van der Waals surface area (Å²) >= 11 is 7.57. The molecular formula is C22H20ClNO2S. The Kier molecular flexibility index (Phi) is 7.19. The molecule has 0 spiro atoms. The number of amides is 1. The molecule has 0 heterocycles. The normalized spacial score (nSPS) is 10.4. The maximum atomic E-state index is 12.3. The van der Waals surface area contributed by atoms with Crippen LogP contribution >= 0.6 is 23.4 Å². The summed E-state index contributed by atoms with van der Waals surface area (Å²) in [5, 5.41) is 3.60. The number of para-hydroxylation sites is 2. The van der Waals surface area contributed by atoms with Crippen molar-refractivity contribution in [2.75, 3.05) is 23.4 Å². The van der Waals surface area contributed by atoms with Gasteiger partial charge in [0.15, 0.2) is 0 Å². The van der Waals surface area contributed by atoms with Crippen molar-refractivity contribution in [2.24, 2.45) is 0 Å². The number of hydrogen-bond donors (Lipinski definition) is 1. The first-order valence-electron chi connectivity index (χ1n) is 8.63. The van der Waals surface area contributed by atoms with E-state index < -0.39 is 0 Å². The Morgan fingerprint density at radius 1 is 0.926 bits per heavy atom. The van der Waals surface area contributed by atoms with Crippen molar-refractivity contribution in [1.29, 1.82) is 0 Å². The van der Waals surface area contributed by atoms with Crippen LogP contribution in [0.2, 0.25) is 5.02 Å². The number of anilines is 1. The standard InChI is InChI=1S/C22H20ClNO2S/c23-19-11-5-7-13-21(19)26-14-15-27-16-22(25)24-20-12-6-4-10-18(20)17-8-2-1-3-9-17/h1-13H,14-16H2,(H,24,25). The molecule has 0 atom stereocenters. The lowest BCUT2D eigenvalue weighted by molar-refractivity contribution is -0.113. The van der Waals surface area contributed by atoms with Gasteiger partial charge in [0, 0.05) is 17.0 Å². The molecule has 0 bridgehead atoms. The van der Waals surface area contributed by atoms with Crippen molar-refractivity contribution in [1.82, 2.24) is 0 Å². The lowest BCUT2D eigenvalue weighted by atomic mass is 10.0. The van der Waals surface area contributed by atoms with Crippen LogP contribution in [0, 0.1) is 0 Å². The number of thioether (sulfide) groups is 1. The van der Waals surface area contributed by atoms with E-state index in [4.69, 9.17) is 16.3 Å². The molecule has 1 amide bonds. The van der Waals surface area contributed by atoms with Crippen molar-refractivity contribution < 1.29 is 9.53 Å². The molecule has 27 heavy (non-hydrogen) atoms. The fourth-order valence-electron chi connectivity index (χ4n) is 2.59. The molecule has 0 aliphatic carbocycles. The molecule has 138 valence electrons. The van der Waals surface area contributed by atoms with Crippen LogP contribution in [0.1, 0.15) is 0 Å². The van der Waals surface area contributed by atoms with E-state index >= 15 is 0 Å². The highest BCUT2D eigenvalue weighted by Gasteiger charge is 2.08. The minimum Gasteiger partial charge on any atom is -0.491 e. The number of benzene rings is 3. The lowest BCUT2D eigenvalue weighted by Crippen LogP contribution is -2.15. The monoisotopic (exact) mass is 397 g/mol. The second kappa shape index (κ2) is 10.0. The van der Waals surface area contributed by atoms with Gasteiger partial charge in [0.2, 0.25) is 5.91 Å². The maximum absolute atomic E-state index is 12.3. The summed E-state index contributed by atoms with van der Waals surface area (Å²) in [4.78, 5) is 12.3. The van der Waals surface area contributed by atoms with Gasteiger partial charge in [0.1, 0.15) is 5.75 Å². The second-order valence-corrected chi connectivity index (χ2v) is 7.30. The number of carbonyl (C=O) groups is 1. The van der Waals surface area contributed by atoms with Crippen molar-refractivity contribution >= 4 is 35.0 Å². The summed E-state index contributed by atoms with van der Waals surface area (Å²) in [5.41, 5.74) is 2.91. The Morgan fingerprint density at radius 3 is 2.44 bits per heavy atom. The number of nitrogens with one attached hydrogen (secondary N) is 1. The van der Waals surface area contributed by atoms with Crippen molar-refractivity contribution in [2.45, 2.75) is 0 Å². The number of ether oxygens (including phenoxy) is 1. The highest BCUT2D eigenvalue weighted by Crippen LogP contribution is 2.27. The SMILES string of the molecule is O=C(CSCCOc1ccccc1Cl)Nc1ccccc1-c1ccccc1. The summed E-state index contributed by atoms with van der Waals surface area (Å²) in [6.45, 7) is 0.502. The number of rotatable bonds is 8. The first-order chi connectivity index (χ1) is 13.2. The Balaban J connectivity index is 1.47. The van der Waals surface area contributed by atoms with Crippen molar-refractivity contribution in [3.63, 3.8) is 0 Å². The molecule has 0 radical (unpaired) electrons. The van der Waals surface area contributed by atoms with Gasteiger partial charge in [0.05, 0.1) is 17.4 Å². The molecule has 3 aromatic rings. The number of hydrogen-bond acceptors (Lipinski definition) is 3. The highest BCUT2D eigenvalue weighted by molar-refractivity contribution is 7.99. The van der Waals surface area contributed by atoms with Gasteiger partial charge >= 0.3 is 0 Å². The molecule has 1 N–H and O–H groups in total. The Hall–Kier alpha value is -2.43. The average molecular weight is 398 g/mol. The third kappa shape index (κ3) is 5.78. The smallest absolute Gasteiger partial charge is 0.234 e. The second-order valence-electron chi connectivity index (χ2n) is 5.79. The summed E-state index contributed by atoms with van der Waals surface area (Å²) in [7, 11) is 0. The van der Waals surface area contributed by atoms with E-state index in [0.717, 1.165) is 16.8 Å². The van der Waals surface area contributed by atoms with Crippen LogP contribution in [0.4, 0.5) is 5.69 Å². The molecular weight excluding hydrogens is 378 g/mol. The Labute approximate surface area is 168 Å². The van der Waals surface area contributed by atoms with Crippen LogP contribution in [0.3, 0.4) is 0 Å². The molecule has 3 aromatic carbocycles. The Bertz CT molecular complexity index is 886. The minimum absolute atomic E-state index is 0.0267. The fourth-order valence-corrected chi connectivity index (χ4v) is 3.38. The molecule has 5 heteroatoms. The molecule has 0 unspecified atom stereocenters. The van der Waals surface area contributed by atoms with Gasteiger partial charge in [-0.05, 0) is 23.8 Å². The average Bonchev–Trinajstić information content (AvgIpc) is 2.70. The molecule has 0 aromatic heterocycles. The zero-order valence-corrected chi connectivity index (χ0v) is 16.3. The summed E-state index contributed by atoms with van der Waals surface area (Å²) in [5.74, 6) is 1.72. The van der Waals surface area contributed by atoms with E-state index in [0.29, 0.717) is 28.9 Å². The van der Waals surface area contributed by atoms with E-state index in [2.05, 4.69) is 5.32 Å². The third-order valence-electron chi connectivity index (χ3n) is 3.84. The molecule has 0 fully saturated rings. The molecule has 0 saturated carbocycles. The van der Waals surface area contributed by atoms with Crippen LogP contribution in [0.15, 0.2) is 78.9 Å². The topological polar surface area (TPSA) is 38.3 Å². The number of halogens is 1. The summed E-state index contributed by atoms with van der Waals surface area (Å²) < 4.78 is 5.63. The first kappa shape index (κ1) is 19.3. The quantitative estimate of drug-likeness (QED) is 0.491. The third-order valence-corrected chi connectivity index (χ3v) is 5.07. The lowest BCUT2D eigenvalue weighted by Gasteiger charge is -2.11. The van der Waals surface area contributed by atoms with Gasteiger partial charge in [-0.3, -0.25) is 4.79 Å². The van der Waals surface area contributed by atoms with E-state index in [1.807, 2.05) is 72.8 Å². The van der Waals surface area contributed by atoms with Gasteiger partial charge in [-0.2, -0.15) is 0 Å². The predicted molar refractivity (Wildman–Crippen MR) is 115 cm³/mol. The summed E-state index contributed by atoms with van der Waals surface area (Å²) in [6, 6.07) is 25.2. The zero-order valence-electron chi connectivity index (χ0n) is 14.7. The van der Waals surface area contributed by atoms with Crippen LogP contribution < -0.4 is 10.1 Å².